The Bertz CT molecular complexity index is 728. The molecule has 0 saturated carbocycles. The number of aromatic nitrogens is 2. The van der Waals surface area contributed by atoms with Crippen LogP contribution < -0.4 is 5.69 Å². The molecule has 2 aromatic heterocycles. The number of halogens is 1. The molecule has 3 rings (SSSR count). The van der Waals surface area contributed by atoms with E-state index in [-0.39, 0.29) is 16.7 Å². The minimum Gasteiger partial charge on any atom is -0.337 e. The predicted molar refractivity (Wildman–Crippen MR) is 79.0 cm³/mol. The first kappa shape index (κ1) is 14.3. The standard InChI is InChI=1S/C13H12FN3O2S2/c14-9-5-15-13(19)16-12(9)21-7-11(18)17-3-1-10-8(6-17)2-4-20-10/h2,4-5H,1,3,6-7H2,(H,15,16,19). The van der Waals surface area contributed by atoms with E-state index >= 15 is 0 Å². The molecular formula is C13H12FN3O2S2. The molecule has 8 heteroatoms. The van der Waals surface area contributed by atoms with E-state index in [1.165, 1.54) is 10.4 Å². The fourth-order valence-corrected chi connectivity index (χ4v) is 3.84. The van der Waals surface area contributed by atoms with Gasteiger partial charge in [-0.05, 0) is 23.4 Å². The summed E-state index contributed by atoms with van der Waals surface area (Å²) in [7, 11) is 0. The molecule has 1 amide bonds. The maximum atomic E-state index is 13.4. The van der Waals surface area contributed by atoms with Gasteiger partial charge in [0, 0.05) is 18.0 Å². The first-order valence-electron chi connectivity index (χ1n) is 6.34. The third-order valence-electron chi connectivity index (χ3n) is 3.23. The summed E-state index contributed by atoms with van der Waals surface area (Å²) < 4.78 is 13.4. The van der Waals surface area contributed by atoms with E-state index in [0.717, 1.165) is 24.4 Å². The fourth-order valence-electron chi connectivity index (χ4n) is 2.15. The van der Waals surface area contributed by atoms with Crippen LogP contribution in [0.25, 0.3) is 0 Å². The average Bonchev–Trinajstić information content (AvgIpc) is 2.95. The second-order valence-electron chi connectivity index (χ2n) is 4.59. The number of rotatable bonds is 3. The summed E-state index contributed by atoms with van der Waals surface area (Å²) in [6.45, 7) is 1.29. The van der Waals surface area contributed by atoms with Crippen molar-refractivity contribution in [2.45, 2.75) is 18.0 Å². The minimum atomic E-state index is -0.619. The molecule has 110 valence electrons. The second-order valence-corrected chi connectivity index (χ2v) is 6.57. The number of hydrogen-bond donors (Lipinski definition) is 1. The molecule has 5 nitrogen and oxygen atoms in total. The van der Waals surface area contributed by atoms with Crippen molar-refractivity contribution in [3.05, 3.63) is 44.4 Å². The summed E-state index contributed by atoms with van der Waals surface area (Å²) in [4.78, 5) is 31.9. The number of carbonyl (C=O) groups excluding carboxylic acids is 1. The van der Waals surface area contributed by atoms with Crippen molar-refractivity contribution in [2.24, 2.45) is 0 Å². The van der Waals surface area contributed by atoms with Gasteiger partial charge in [0.25, 0.3) is 0 Å². The molecule has 2 aromatic rings. The molecule has 1 aliphatic rings. The van der Waals surface area contributed by atoms with Gasteiger partial charge in [0.05, 0.1) is 11.9 Å². The highest BCUT2D eigenvalue weighted by atomic mass is 32.2. The van der Waals surface area contributed by atoms with Gasteiger partial charge < -0.3 is 4.90 Å². The van der Waals surface area contributed by atoms with Gasteiger partial charge in [0.2, 0.25) is 5.91 Å². The Kier molecular flexibility index (Phi) is 4.07. The van der Waals surface area contributed by atoms with Gasteiger partial charge in [-0.2, -0.15) is 4.98 Å². The van der Waals surface area contributed by atoms with Gasteiger partial charge in [0.15, 0.2) is 5.82 Å². The van der Waals surface area contributed by atoms with Gasteiger partial charge in [-0.3, -0.25) is 9.78 Å². The van der Waals surface area contributed by atoms with Crippen LogP contribution in [0, 0.1) is 5.82 Å². The molecule has 0 spiro atoms. The molecule has 0 aromatic carbocycles. The van der Waals surface area contributed by atoms with Crippen molar-refractivity contribution < 1.29 is 9.18 Å². The van der Waals surface area contributed by atoms with Crippen molar-refractivity contribution >= 4 is 29.0 Å². The van der Waals surface area contributed by atoms with E-state index in [0.29, 0.717) is 13.1 Å². The molecule has 21 heavy (non-hydrogen) atoms. The van der Waals surface area contributed by atoms with Crippen molar-refractivity contribution in [3.8, 4) is 0 Å². The quantitative estimate of drug-likeness (QED) is 0.688. The molecular weight excluding hydrogens is 313 g/mol. The predicted octanol–water partition coefficient (Wildman–Crippen LogP) is 1.65. The number of nitrogens with one attached hydrogen (secondary N) is 1. The van der Waals surface area contributed by atoms with Gasteiger partial charge >= 0.3 is 5.69 Å². The zero-order valence-electron chi connectivity index (χ0n) is 11.0. The normalized spacial score (nSPS) is 14.0. The molecule has 0 atom stereocenters. The molecule has 0 radical (unpaired) electrons. The number of fused-ring (bicyclic) bond motifs is 1. The molecule has 1 N–H and O–H groups in total. The summed E-state index contributed by atoms with van der Waals surface area (Å²) in [6, 6.07) is 2.03. The third kappa shape index (κ3) is 3.16. The number of aromatic amines is 1. The number of thiophene rings is 1. The Labute approximate surface area is 128 Å². The number of amides is 1. The number of carbonyl (C=O) groups is 1. The number of hydrogen-bond acceptors (Lipinski definition) is 5. The van der Waals surface area contributed by atoms with Crippen molar-refractivity contribution in [3.63, 3.8) is 0 Å². The van der Waals surface area contributed by atoms with E-state index in [2.05, 4.69) is 9.97 Å². The van der Waals surface area contributed by atoms with Crippen LogP contribution in [0.3, 0.4) is 0 Å². The van der Waals surface area contributed by atoms with Crippen molar-refractivity contribution in [1.29, 1.82) is 0 Å². The van der Waals surface area contributed by atoms with E-state index in [4.69, 9.17) is 0 Å². The van der Waals surface area contributed by atoms with Crippen LogP contribution in [0.5, 0.6) is 0 Å². The number of H-pyrrole nitrogens is 1. The van der Waals surface area contributed by atoms with Gasteiger partial charge in [-0.15, -0.1) is 11.3 Å². The zero-order valence-corrected chi connectivity index (χ0v) is 12.6. The zero-order chi connectivity index (χ0) is 14.8. The summed E-state index contributed by atoms with van der Waals surface area (Å²) in [5.74, 6) is -0.587. The smallest absolute Gasteiger partial charge is 0.337 e. The lowest BCUT2D eigenvalue weighted by molar-refractivity contribution is -0.129. The van der Waals surface area contributed by atoms with Crippen molar-refractivity contribution in [2.75, 3.05) is 12.3 Å². The highest BCUT2D eigenvalue weighted by Gasteiger charge is 2.21. The SMILES string of the molecule is O=C(CSc1[nH]c(=O)ncc1F)N1CCc2sccc2C1. The minimum absolute atomic E-state index is 0.0524. The van der Waals surface area contributed by atoms with Crippen molar-refractivity contribution in [1.82, 2.24) is 14.9 Å². The Morgan fingerprint density at radius 2 is 2.43 bits per heavy atom. The van der Waals surface area contributed by atoms with Crippen LogP contribution in [-0.2, 0) is 17.8 Å². The molecule has 3 heterocycles. The van der Waals surface area contributed by atoms with Crippen LogP contribution in [-0.4, -0.2) is 33.1 Å². The van der Waals surface area contributed by atoms with E-state index < -0.39 is 11.5 Å². The maximum Gasteiger partial charge on any atom is 0.345 e. The monoisotopic (exact) mass is 325 g/mol. The molecule has 1 aliphatic heterocycles. The first-order chi connectivity index (χ1) is 10.1. The first-order valence-corrected chi connectivity index (χ1v) is 8.20. The Morgan fingerprint density at radius 1 is 1.57 bits per heavy atom. The molecule has 0 aliphatic carbocycles. The summed E-state index contributed by atoms with van der Waals surface area (Å²) >= 11 is 2.70. The van der Waals surface area contributed by atoms with Crippen LogP contribution >= 0.6 is 23.1 Å². The Hall–Kier alpha value is -1.67. The number of nitrogens with zero attached hydrogens (tertiary/aromatic N) is 2. The van der Waals surface area contributed by atoms with E-state index in [1.807, 2.05) is 11.4 Å². The summed E-state index contributed by atoms with van der Waals surface area (Å²) in [6.07, 6.45) is 1.73. The largest absolute Gasteiger partial charge is 0.345 e. The van der Waals surface area contributed by atoms with Gasteiger partial charge in [-0.1, -0.05) is 11.8 Å². The topological polar surface area (TPSA) is 66.1 Å². The Balaban J connectivity index is 1.62. The molecule has 0 saturated heterocycles. The molecule has 0 fully saturated rings. The number of thioether (sulfide) groups is 1. The molecule has 0 bridgehead atoms. The molecule has 0 unspecified atom stereocenters. The summed E-state index contributed by atoms with van der Waals surface area (Å²) in [5, 5.41) is 2.08. The van der Waals surface area contributed by atoms with E-state index in [1.54, 1.807) is 16.2 Å². The second kappa shape index (κ2) is 5.98. The lowest BCUT2D eigenvalue weighted by Crippen LogP contribution is -2.36. The van der Waals surface area contributed by atoms with Crippen LogP contribution in [0.15, 0.2) is 27.5 Å². The fraction of sp³-hybridized carbons (Fsp3) is 0.308. The highest BCUT2D eigenvalue weighted by Crippen LogP contribution is 2.25. The Morgan fingerprint density at radius 3 is 3.29 bits per heavy atom. The van der Waals surface area contributed by atoms with Crippen LogP contribution in [0.2, 0.25) is 0 Å². The maximum absolute atomic E-state index is 13.4. The highest BCUT2D eigenvalue weighted by molar-refractivity contribution is 7.99. The van der Waals surface area contributed by atoms with Gasteiger partial charge in [-0.25, -0.2) is 9.18 Å². The average molecular weight is 325 g/mol. The van der Waals surface area contributed by atoms with Gasteiger partial charge in [0.1, 0.15) is 5.03 Å². The summed E-state index contributed by atoms with van der Waals surface area (Å²) in [5.41, 5.74) is 0.570. The lowest BCUT2D eigenvalue weighted by Gasteiger charge is -2.26. The lowest BCUT2D eigenvalue weighted by atomic mass is 10.1. The van der Waals surface area contributed by atoms with Crippen LogP contribution in [0.1, 0.15) is 10.4 Å². The third-order valence-corrected chi connectivity index (χ3v) is 5.23. The van der Waals surface area contributed by atoms with E-state index in [9.17, 15) is 14.0 Å². The van der Waals surface area contributed by atoms with Crippen LogP contribution in [0.4, 0.5) is 4.39 Å².